The third kappa shape index (κ3) is 6.31. The maximum Gasteiger partial charge on any atom is 0.266 e. The first-order chi connectivity index (χ1) is 16.1. The van der Waals surface area contributed by atoms with Gasteiger partial charge in [-0.25, -0.2) is 0 Å². The van der Waals surface area contributed by atoms with Gasteiger partial charge in [-0.3, -0.25) is 14.5 Å². The second-order valence-electron chi connectivity index (χ2n) is 7.38. The summed E-state index contributed by atoms with van der Waals surface area (Å²) in [5, 5.41) is 2.83. The lowest BCUT2D eigenvalue weighted by Gasteiger charge is -2.14. The molecule has 1 fully saturated rings. The van der Waals surface area contributed by atoms with Gasteiger partial charge in [0.05, 0.1) is 4.91 Å². The summed E-state index contributed by atoms with van der Waals surface area (Å²) in [4.78, 5) is 27.0. The van der Waals surface area contributed by atoms with Gasteiger partial charge in [-0.2, -0.15) is 0 Å². The predicted octanol–water partition coefficient (Wildman–Crippen LogP) is 4.78. The average Bonchev–Trinajstić information content (AvgIpc) is 3.10. The SMILES string of the molecule is O=C(CN1C(=O)/C(=C/c2cccc(OCc3ccccc3)c2)SC1=S)NCc1ccccc1. The fourth-order valence-corrected chi connectivity index (χ4v) is 4.47. The van der Waals surface area contributed by atoms with Gasteiger partial charge in [0.1, 0.15) is 23.2 Å². The summed E-state index contributed by atoms with van der Waals surface area (Å²) in [7, 11) is 0. The maximum atomic E-state index is 12.9. The number of nitrogens with zero attached hydrogens (tertiary/aromatic N) is 1. The van der Waals surface area contributed by atoms with E-state index in [1.165, 1.54) is 16.7 Å². The minimum Gasteiger partial charge on any atom is -0.489 e. The van der Waals surface area contributed by atoms with Crippen LogP contribution in [0.5, 0.6) is 5.75 Å². The molecule has 7 heteroatoms. The van der Waals surface area contributed by atoms with E-state index in [1.54, 1.807) is 6.08 Å². The smallest absolute Gasteiger partial charge is 0.266 e. The number of hydrogen-bond acceptors (Lipinski definition) is 5. The number of benzene rings is 3. The summed E-state index contributed by atoms with van der Waals surface area (Å²) >= 11 is 6.55. The minimum absolute atomic E-state index is 0.102. The van der Waals surface area contributed by atoms with E-state index < -0.39 is 0 Å². The van der Waals surface area contributed by atoms with Crippen LogP contribution in [0.4, 0.5) is 0 Å². The summed E-state index contributed by atoms with van der Waals surface area (Å²) in [5.74, 6) is 0.187. The lowest BCUT2D eigenvalue weighted by molar-refractivity contribution is -0.128. The molecule has 0 aliphatic carbocycles. The van der Waals surface area contributed by atoms with Crippen molar-refractivity contribution in [3.05, 3.63) is 107 Å². The van der Waals surface area contributed by atoms with Gasteiger partial charge in [-0.1, -0.05) is 96.8 Å². The Hall–Kier alpha value is -3.42. The van der Waals surface area contributed by atoms with E-state index in [1.807, 2.05) is 84.9 Å². The highest BCUT2D eigenvalue weighted by molar-refractivity contribution is 8.26. The fourth-order valence-electron chi connectivity index (χ4n) is 3.22. The number of rotatable bonds is 8. The van der Waals surface area contributed by atoms with E-state index in [2.05, 4.69) is 5.32 Å². The summed E-state index contributed by atoms with van der Waals surface area (Å²) in [5.41, 5.74) is 2.90. The molecule has 0 saturated carbocycles. The van der Waals surface area contributed by atoms with Gasteiger partial charge in [0.2, 0.25) is 5.91 Å². The quantitative estimate of drug-likeness (QED) is 0.376. The Morgan fingerprint density at radius 1 is 0.970 bits per heavy atom. The average molecular weight is 475 g/mol. The van der Waals surface area contributed by atoms with Crippen molar-refractivity contribution in [2.24, 2.45) is 0 Å². The van der Waals surface area contributed by atoms with Gasteiger partial charge in [0.15, 0.2) is 0 Å². The number of thiocarbonyl (C=S) groups is 1. The van der Waals surface area contributed by atoms with E-state index in [-0.39, 0.29) is 18.4 Å². The molecular formula is C26H22N2O3S2. The number of hydrogen-bond donors (Lipinski definition) is 1. The van der Waals surface area contributed by atoms with Crippen molar-refractivity contribution in [1.82, 2.24) is 10.2 Å². The summed E-state index contributed by atoms with van der Waals surface area (Å²) in [6.45, 7) is 0.764. The standard InChI is InChI=1S/C26H22N2O3S2/c29-24(27-16-19-8-3-1-4-9-19)17-28-25(30)23(33-26(28)32)15-21-12-7-13-22(14-21)31-18-20-10-5-2-6-11-20/h1-15H,16-18H2,(H,27,29)/b23-15-. The van der Waals surface area contributed by atoms with Crippen molar-refractivity contribution >= 4 is 46.2 Å². The molecule has 0 spiro atoms. The molecule has 0 bridgehead atoms. The van der Waals surface area contributed by atoms with E-state index in [9.17, 15) is 9.59 Å². The van der Waals surface area contributed by atoms with Gasteiger partial charge < -0.3 is 10.1 Å². The Balaban J connectivity index is 1.36. The third-order valence-electron chi connectivity index (χ3n) is 4.91. The Bertz CT molecular complexity index is 1180. The molecule has 1 aliphatic rings. The van der Waals surface area contributed by atoms with Crippen molar-refractivity contribution in [1.29, 1.82) is 0 Å². The molecule has 0 unspecified atom stereocenters. The summed E-state index contributed by atoms with van der Waals surface area (Å²) in [6.07, 6.45) is 1.77. The predicted molar refractivity (Wildman–Crippen MR) is 135 cm³/mol. The minimum atomic E-state index is -0.268. The molecule has 2 amide bonds. The van der Waals surface area contributed by atoms with E-state index in [4.69, 9.17) is 17.0 Å². The molecule has 1 saturated heterocycles. The highest BCUT2D eigenvalue weighted by atomic mass is 32.2. The van der Waals surface area contributed by atoms with Crippen molar-refractivity contribution < 1.29 is 14.3 Å². The van der Waals surface area contributed by atoms with Crippen LogP contribution < -0.4 is 10.1 Å². The van der Waals surface area contributed by atoms with Gasteiger partial charge in [-0.05, 0) is 34.9 Å². The summed E-state index contributed by atoms with van der Waals surface area (Å²) < 4.78 is 6.24. The molecule has 3 aromatic rings. The van der Waals surface area contributed by atoms with Crippen LogP contribution >= 0.6 is 24.0 Å². The lowest BCUT2D eigenvalue weighted by Crippen LogP contribution is -2.39. The molecule has 5 nitrogen and oxygen atoms in total. The molecule has 1 N–H and O–H groups in total. The van der Waals surface area contributed by atoms with Crippen molar-refractivity contribution in [3.63, 3.8) is 0 Å². The molecule has 1 heterocycles. The van der Waals surface area contributed by atoms with Crippen LogP contribution in [0.1, 0.15) is 16.7 Å². The first-order valence-electron chi connectivity index (χ1n) is 10.4. The van der Waals surface area contributed by atoms with Gasteiger partial charge in [0, 0.05) is 6.54 Å². The second-order valence-corrected chi connectivity index (χ2v) is 9.05. The van der Waals surface area contributed by atoms with E-state index in [0.717, 1.165) is 16.7 Å². The van der Waals surface area contributed by atoms with Crippen LogP contribution in [0.3, 0.4) is 0 Å². The zero-order valence-corrected chi connectivity index (χ0v) is 19.4. The second kappa shape index (κ2) is 10.9. The van der Waals surface area contributed by atoms with Crippen molar-refractivity contribution in [2.75, 3.05) is 6.54 Å². The highest BCUT2D eigenvalue weighted by Crippen LogP contribution is 2.32. The van der Waals surface area contributed by atoms with Gasteiger partial charge in [0.25, 0.3) is 5.91 Å². The first-order valence-corrected chi connectivity index (χ1v) is 11.6. The fraction of sp³-hybridized carbons (Fsp3) is 0.115. The highest BCUT2D eigenvalue weighted by Gasteiger charge is 2.33. The van der Waals surface area contributed by atoms with Gasteiger partial charge >= 0.3 is 0 Å². The first kappa shape index (κ1) is 22.8. The summed E-state index contributed by atoms with van der Waals surface area (Å²) in [6, 6.07) is 27.1. The van der Waals surface area contributed by atoms with Gasteiger partial charge in [-0.15, -0.1) is 0 Å². The van der Waals surface area contributed by atoms with Crippen LogP contribution in [0.15, 0.2) is 89.8 Å². The van der Waals surface area contributed by atoms with E-state index >= 15 is 0 Å². The Kier molecular flexibility index (Phi) is 7.55. The molecular weight excluding hydrogens is 452 g/mol. The van der Waals surface area contributed by atoms with E-state index in [0.29, 0.717) is 28.1 Å². The monoisotopic (exact) mass is 474 g/mol. The number of ether oxygens (including phenoxy) is 1. The van der Waals surface area contributed by atoms with Crippen LogP contribution in [-0.2, 0) is 22.7 Å². The number of carbonyl (C=O) groups is 2. The zero-order valence-electron chi connectivity index (χ0n) is 17.8. The molecule has 3 aromatic carbocycles. The van der Waals surface area contributed by atoms with Crippen molar-refractivity contribution in [3.8, 4) is 5.75 Å². The Morgan fingerprint density at radius 3 is 2.39 bits per heavy atom. The lowest BCUT2D eigenvalue weighted by atomic mass is 10.2. The van der Waals surface area contributed by atoms with Crippen LogP contribution in [0, 0.1) is 0 Å². The molecule has 4 rings (SSSR count). The Morgan fingerprint density at radius 2 is 1.67 bits per heavy atom. The van der Waals surface area contributed by atoms with Crippen LogP contribution in [0.2, 0.25) is 0 Å². The number of nitrogens with one attached hydrogen (secondary N) is 1. The molecule has 0 radical (unpaired) electrons. The maximum absolute atomic E-state index is 12.9. The van der Waals surface area contributed by atoms with Crippen molar-refractivity contribution in [2.45, 2.75) is 13.2 Å². The molecule has 1 aliphatic heterocycles. The topological polar surface area (TPSA) is 58.6 Å². The number of carbonyl (C=O) groups excluding carboxylic acids is 2. The normalized spacial score (nSPS) is 14.5. The molecule has 166 valence electrons. The largest absolute Gasteiger partial charge is 0.489 e. The Labute approximate surface area is 202 Å². The molecule has 33 heavy (non-hydrogen) atoms. The third-order valence-corrected chi connectivity index (χ3v) is 6.29. The van der Waals surface area contributed by atoms with Crippen LogP contribution in [0.25, 0.3) is 6.08 Å². The number of amides is 2. The molecule has 0 atom stereocenters. The van der Waals surface area contributed by atoms with Crippen LogP contribution in [-0.4, -0.2) is 27.6 Å². The molecule has 0 aromatic heterocycles. The number of thioether (sulfide) groups is 1. The zero-order chi connectivity index (χ0) is 23.0.